The van der Waals surface area contributed by atoms with Gasteiger partial charge in [-0.2, -0.15) is 0 Å². The van der Waals surface area contributed by atoms with Crippen LogP contribution in [-0.4, -0.2) is 11.1 Å². The molecule has 0 aliphatic heterocycles. The van der Waals surface area contributed by atoms with E-state index in [1.807, 2.05) is 11.8 Å². The lowest BCUT2D eigenvalue weighted by atomic mass is 9.69. The topological polar surface area (TPSA) is 0 Å². The summed E-state index contributed by atoms with van der Waals surface area (Å²) in [4.78, 5) is 1.40. The molecule has 0 saturated heterocycles. The lowest BCUT2D eigenvalue weighted by Gasteiger charge is -2.40. The third kappa shape index (κ3) is 3.01. The van der Waals surface area contributed by atoms with E-state index >= 15 is 0 Å². The maximum atomic E-state index is 3.66. The van der Waals surface area contributed by atoms with Crippen LogP contribution in [0, 0.1) is 5.41 Å². The van der Waals surface area contributed by atoms with Gasteiger partial charge in [-0.1, -0.05) is 40.5 Å². The van der Waals surface area contributed by atoms with Gasteiger partial charge in [-0.25, -0.2) is 0 Å². The van der Waals surface area contributed by atoms with Gasteiger partial charge in [0.2, 0.25) is 0 Å². The van der Waals surface area contributed by atoms with Crippen molar-refractivity contribution in [2.75, 3.05) is 11.1 Å². The van der Waals surface area contributed by atoms with E-state index in [0.29, 0.717) is 5.41 Å². The van der Waals surface area contributed by atoms with Gasteiger partial charge >= 0.3 is 0 Å². The summed E-state index contributed by atoms with van der Waals surface area (Å²) in [7, 11) is 0. The van der Waals surface area contributed by atoms with Crippen LogP contribution in [0.4, 0.5) is 0 Å². The maximum absolute atomic E-state index is 3.66. The Morgan fingerprint density at radius 1 is 1.20 bits per heavy atom. The molecule has 0 radical (unpaired) electrons. The fraction of sp³-hybridized carbons (Fsp3) is 0.538. The van der Waals surface area contributed by atoms with Gasteiger partial charge in [0.05, 0.1) is 0 Å². The number of benzene rings is 1. The lowest BCUT2D eigenvalue weighted by Crippen LogP contribution is -2.31. The molecule has 0 heterocycles. The predicted octanol–water partition coefficient (Wildman–Crippen LogP) is 4.73. The highest BCUT2D eigenvalue weighted by Gasteiger charge is 2.34. The third-order valence-electron chi connectivity index (χ3n) is 3.34. The average molecular weight is 285 g/mol. The van der Waals surface area contributed by atoms with Crippen LogP contribution in [0.15, 0.2) is 35.2 Å². The van der Waals surface area contributed by atoms with Gasteiger partial charge in [0.15, 0.2) is 0 Å². The molecule has 82 valence electrons. The van der Waals surface area contributed by atoms with E-state index in [4.69, 9.17) is 0 Å². The van der Waals surface area contributed by atoms with E-state index in [1.54, 1.807) is 0 Å². The summed E-state index contributed by atoms with van der Waals surface area (Å²) < 4.78 is 0. The molecule has 1 fully saturated rings. The molecule has 0 bridgehead atoms. The number of hydrogen-bond donors (Lipinski definition) is 0. The number of rotatable bonds is 5. The molecule has 0 aromatic heterocycles. The Labute approximate surface area is 105 Å². The van der Waals surface area contributed by atoms with Gasteiger partial charge < -0.3 is 0 Å². The fourth-order valence-electron chi connectivity index (χ4n) is 2.03. The first kappa shape index (κ1) is 11.5. The Hall–Kier alpha value is 0.0500. The standard InChI is InChI=1S/C13H17BrS/c14-11-13(7-4-8-13)9-10-15-12-5-2-1-3-6-12/h1-3,5-6H,4,7-11H2. The Morgan fingerprint density at radius 3 is 2.47 bits per heavy atom. The van der Waals surface area contributed by atoms with Gasteiger partial charge in [0.25, 0.3) is 0 Å². The van der Waals surface area contributed by atoms with Crippen molar-refractivity contribution in [1.82, 2.24) is 0 Å². The molecule has 15 heavy (non-hydrogen) atoms. The number of alkyl halides is 1. The summed E-state index contributed by atoms with van der Waals surface area (Å²) in [5.41, 5.74) is 0.641. The first-order valence-corrected chi connectivity index (χ1v) is 7.69. The molecule has 0 atom stereocenters. The molecule has 0 nitrogen and oxygen atoms in total. The summed E-state index contributed by atoms with van der Waals surface area (Å²) in [6.45, 7) is 0. The van der Waals surface area contributed by atoms with E-state index in [2.05, 4.69) is 46.3 Å². The van der Waals surface area contributed by atoms with Gasteiger partial charge in [0, 0.05) is 10.2 Å². The fourth-order valence-corrected chi connectivity index (χ4v) is 3.99. The molecule has 1 aromatic carbocycles. The van der Waals surface area contributed by atoms with Crippen LogP contribution in [0.2, 0.25) is 0 Å². The molecule has 2 rings (SSSR count). The molecule has 1 saturated carbocycles. The summed E-state index contributed by atoms with van der Waals surface area (Å²) in [6, 6.07) is 10.7. The van der Waals surface area contributed by atoms with Crippen molar-refractivity contribution >= 4 is 27.7 Å². The Morgan fingerprint density at radius 2 is 1.93 bits per heavy atom. The number of hydrogen-bond acceptors (Lipinski definition) is 1. The van der Waals surface area contributed by atoms with Crippen molar-refractivity contribution in [2.45, 2.75) is 30.6 Å². The number of thioether (sulfide) groups is 1. The molecule has 1 aliphatic rings. The molecule has 0 spiro atoms. The van der Waals surface area contributed by atoms with Gasteiger partial charge in [0.1, 0.15) is 0 Å². The molecule has 2 heteroatoms. The van der Waals surface area contributed by atoms with Crippen LogP contribution in [0.3, 0.4) is 0 Å². The zero-order chi connectivity index (χ0) is 10.6. The summed E-state index contributed by atoms with van der Waals surface area (Å²) in [5.74, 6) is 1.26. The van der Waals surface area contributed by atoms with E-state index < -0.39 is 0 Å². The molecule has 0 amide bonds. The predicted molar refractivity (Wildman–Crippen MR) is 71.9 cm³/mol. The second-order valence-electron chi connectivity index (χ2n) is 4.40. The quantitative estimate of drug-likeness (QED) is 0.556. The van der Waals surface area contributed by atoms with Crippen LogP contribution < -0.4 is 0 Å². The zero-order valence-electron chi connectivity index (χ0n) is 8.92. The molecule has 1 aliphatic carbocycles. The minimum absolute atomic E-state index is 0.641. The highest BCUT2D eigenvalue weighted by molar-refractivity contribution is 9.09. The monoisotopic (exact) mass is 284 g/mol. The Balaban J connectivity index is 1.75. The van der Waals surface area contributed by atoms with E-state index in [1.165, 1.54) is 41.7 Å². The zero-order valence-corrected chi connectivity index (χ0v) is 11.3. The SMILES string of the molecule is BrCC1(CCSc2ccccc2)CCC1. The summed E-state index contributed by atoms with van der Waals surface area (Å²) >= 11 is 5.65. The van der Waals surface area contributed by atoms with E-state index in [-0.39, 0.29) is 0 Å². The normalized spacial score (nSPS) is 18.5. The average Bonchev–Trinajstić information content (AvgIpc) is 2.24. The van der Waals surface area contributed by atoms with Gasteiger partial charge in [-0.3, -0.25) is 0 Å². The minimum Gasteiger partial charge on any atom is -0.126 e. The smallest absolute Gasteiger partial charge is 0.00882 e. The Bertz CT molecular complexity index is 287. The van der Waals surface area contributed by atoms with Crippen molar-refractivity contribution in [3.63, 3.8) is 0 Å². The first-order valence-electron chi connectivity index (χ1n) is 5.58. The van der Waals surface area contributed by atoms with Gasteiger partial charge in [-0.05, 0) is 42.6 Å². The molecular weight excluding hydrogens is 268 g/mol. The van der Waals surface area contributed by atoms with Crippen LogP contribution in [0.5, 0.6) is 0 Å². The van der Waals surface area contributed by atoms with Crippen molar-refractivity contribution in [3.8, 4) is 0 Å². The second-order valence-corrected chi connectivity index (χ2v) is 6.13. The van der Waals surface area contributed by atoms with Gasteiger partial charge in [-0.15, -0.1) is 11.8 Å². The van der Waals surface area contributed by atoms with Crippen molar-refractivity contribution in [1.29, 1.82) is 0 Å². The van der Waals surface area contributed by atoms with Crippen molar-refractivity contribution in [3.05, 3.63) is 30.3 Å². The first-order chi connectivity index (χ1) is 7.35. The lowest BCUT2D eigenvalue weighted by molar-refractivity contribution is 0.165. The molecule has 0 unspecified atom stereocenters. The summed E-state index contributed by atoms with van der Waals surface area (Å²) in [6.07, 6.45) is 5.64. The molecule has 0 N–H and O–H groups in total. The summed E-state index contributed by atoms with van der Waals surface area (Å²) in [5, 5.41) is 1.19. The van der Waals surface area contributed by atoms with Crippen molar-refractivity contribution in [2.24, 2.45) is 5.41 Å². The third-order valence-corrected chi connectivity index (χ3v) is 5.55. The second kappa shape index (κ2) is 5.40. The van der Waals surface area contributed by atoms with Crippen molar-refractivity contribution < 1.29 is 0 Å². The van der Waals surface area contributed by atoms with Crippen LogP contribution in [-0.2, 0) is 0 Å². The van der Waals surface area contributed by atoms with Crippen LogP contribution >= 0.6 is 27.7 Å². The highest BCUT2D eigenvalue weighted by atomic mass is 79.9. The maximum Gasteiger partial charge on any atom is 0.00882 e. The largest absolute Gasteiger partial charge is 0.126 e. The molecular formula is C13H17BrS. The molecule has 1 aromatic rings. The minimum atomic E-state index is 0.641. The van der Waals surface area contributed by atoms with Crippen LogP contribution in [0.25, 0.3) is 0 Å². The highest BCUT2D eigenvalue weighted by Crippen LogP contribution is 2.46. The number of halogens is 1. The Kier molecular flexibility index (Phi) is 4.15. The van der Waals surface area contributed by atoms with E-state index in [0.717, 1.165) is 0 Å². The van der Waals surface area contributed by atoms with Crippen LogP contribution in [0.1, 0.15) is 25.7 Å². The van der Waals surface area contributed by atoms with E-state index in [9.17, 15) is 0 Å².